The summed E-state index contributed by atoms with van der Waals surface area (Å²) < 4.78 is 27.8. The van der Waals surface area contributed by atoms with Gasteiger partial charge < -0.3 is 23.4 Å². The molecule has 1 fully saturated rings. The predicted molar refractivity (Wildman–Crippen MR) is 93.5 cm³/mol. The van der Waals surface area contributed by atoms with Gasteiger partial charge in [0.25, 0.3) is 0 Å². The van der Waals surface area contributed by atoms with Crippen LogP contribution in [0.5, 0.6) is 17.2 Å². The Hall–Kier alpha value is -2.18. The van der Waals surface area contributed by atoms with Gasteiger partial charge in [-0.2, -0.15) is 0 Å². The number of benzene rings is 1. The smallest absolute Gasteiger partial charge is 0.203 e. The quantitative estimate of drug-likeness (QED) is 0.800. The van der Waals surface area contributed by atoms with E-state index in [1.807, 2.05) is 31.2 Å². The largest absolute Gasteiger partial charge is 0.493 e. The fraction of sp³-hybridized carbons (Fsp3) is 0.474. The van der Waals surface area contributed by atoms with Crippen LogP contribution >= 0.6 is 0 Å². The van der Waals surface area contributed by atoms with E-state index < -0.39 is 0 Å². The second-order valence-corrected chi connectivity index (χ2v) is 6.04. The predicted octanol–water partition coefficient (Wildman–Crippen LogP) is 3.19. The molecule has 0 spiro atoms. The molecule has 1 atom stereocenters. The molecule has 0 bridgehead atoms. The Morgan fingerprint density at radius 1 is 1.08 bits per heavy atom. The summed E-state index contributed by atoms with van der Waals surface area (Å²) in [5, 5.41) is 0. The third-order valence-electron chi connectivity index (χ3n) is 4.44. The van der Waals surface area contributed by atoms with E-state index in [1.54, 1.807) is 21.3 Å². The van der Waals surface area contributed by atoms with Crippen molar-refractivity contribution in [2.24, 2.45) is 0 Å². The lowest BCUT2D eigenvalue weighted by Crippen LogP contribution is -2.38. The Bertz CT molecular complexity index is 687. The number of methoxy groups -OCH3 is 3. The Kier molecular flexibility index (Phi) is 5.50. The van der Waals surface area contributed by atoms with Crippen LogP contribution in [0.2, 0.25) is 0 Å². The third-order valence-corrected chi connectivity index (χ3v) is 4.44. The molecule has 1 saturated heterocycles. The molecule has 1 aromatic heterocycles. The molecule has 2 heterocycles. The van der Waals surface area contributed by atoms with Crippen molar-refractivity contribution in [3.63, 3.8) is 0 Å². The average molecular weight is 347 g/mol. The summed E-state index contributed by atoms with van der Waals surface area (Å²) in [7, 11) is 4.87. The molecule has 1 aliphatic heterocycles. The zero-order chi connectivity index (χ0) is 17.8. The van der Waals surface area contributed by atoms with Gasteiger partial charge >= 0.3 is 0 Å². The summed E-state index contributed by atoms with van der Waals surface area (Å²) in [5.74, 6) is 3.78. The third kappa shape index (κ3) is 3.75. The molecule has 6 nitrogen and oxygen atoms in total. The highest BCUT2D eigenvalue weighted by Crippen LogP contribution is 2.39. The summed E-state index contributed by atoms with van der Waals surface area (Å²) in [5.41, 5.74) is 1.09. The highest BCUT2D eigenvalue weighted by Gasteiger charge is 2.27. The Balaban J connectivity index is 1.86. The Morgan fingerprint density at radius 3 is 2.36 bits per heavy atom. The van der Waals surface area contributed by atoms with Crippen LogP contribution in [0.3, 0.4) is 0 Å². The molecular formula is C19H25NO5. The molecule has 6 heteroatoms. The van der Waals surface area contributed by atoms with Gasteiger partial charge in [0.15, 0.2) is 11.5 Å². The van der Waals surface area contributed by atoms with Crippen molar-refractivity contribution >= 4 is 0 Å². The van der Waals surface area contributed by atoms with Crippen molar-refractivity contribution in [1.82, 2.24) is 4.90 Å². The molecule has 136 valence electrons. The minimum absolute atomic E-state index is 0.0986. The van der Waals surface area contributed by atoms with E-state index >= 15 is 0 Å². The Morgan fingerprint density at radius 2 is 1.80 bits per heavy atom. The number of aryl methyl sites for hydroxylation is 1. The molecule has 25 heavy (non-hydrogen) atoms. The van der Waals surface area contributed by atoms with E-state index in [1.165, 1.54) is 0 Å². The Labute approximate surface area is 148 Å². The number of ether oxygens (including phenoxy) is 4. The lowest BCUT2D eigenvalue weighted by atomic mass is 10.1. The van der Waals surface area contributed by atoms with Crippen LogP contribution in [0.15, 0.2) is 28.7 Å². The minimum Gasteiger partial charge on any atom is -0.493 e. The molecule has 0 aliphatic carbocycles. The first-order valence-corrected chi connectivity index (χ1v) is 8.33. The van der Waals surface area contributed by atoms with Crippen LogP contribution in [0, 0.1) is 6.92 Å². The van der Waals surface area contributed by atoms with Gasteiger partial charge in [0.05, 0.1) is 40.6 Å². The number of furan rings is 1. The monoisotopic (exact) mass is 347 g/mol. The normalized spacial score (nSPS) is 18.2. The van der Waals surface area contributed by atoms with Crippen LogP contribution in [-0.2, 0) is 11.3 Å². The standard InChI is InChI=1S/C19H25NO5/c1-13-5-6-16(25-13)15-12-24-8-7-20(15)11-14-9-17(21-2)19(23-4)18(10-14)22-3/h5-6,9-10,15H,7-8,11-12H2,1-4H3. The van der Waals surface area contributed by atoms with Gasteiger partial charge in [0.1, 0.15) is 11.5 Å². The maximum absolute atomic E-state index is 5.83. The van der Waals surface area contributed by atoms with Crippen molar-refractivity contribution in [3.8, 4) is 17.2 Å². The second-order valence-electron chi connectivity index (χ2n) is 6.04. The number of hydrogen-bond acceptors (Lipinski definition) is 6. The van der Waals surface area contributed by atoms with Crippen LogP contribution in [0.1, 0.15) is 23.1 Å². The molecule has 1 aliphatic rings. The van der Waals surface area contributed by atoms with Crippen molar-refractivity contribution in [3.05, 3.63) is 41.3 Å². The topological polar surface area (TPSA) is 53.3 Å². The van der Waals surface area contributed by atoms with E-state index in [0.717, 1.165) is 30.2 Å². The molecule has 0 N–H and O–H groups in total. The van der Waals surface area contributed by atoms with Crippen molar-refractivity contribution in [2.45, 2.75) is 19.5 Å². The van der Waals surface area contributed by atoms with Crippen molar-refractivity contribution in [2.75, 3.05) is 41.1 Å². The minimum atomic E-state index is 0.0986. The second kappa shape index (κ2) is 7.80. The lowest BCUT2D eigenvalue weighted by Gasteiger charge is -2.34. The summed E-state index contributed by atoms with van der Waals surface area (Å²) in [6.07, 6.45) is 0. The summed E-state index contributed by atoms with van der Waals surface area (Å²) in [6.45, 7) is 4.86. The van der Waals surface area contributed by atoms with Crippen molar-refractivity contribution in [1.29, 1.82) is 0 Å². The van der Waals surface area contributed by atoms with Gasteiger partial charge in [-0.3, -0.25) is 4.90 Å². The molecular weight excluding hydrogens is 322 g/mol. The number of rotatable bonds is 6. The molecule has 2 aromatic rings. The summed E-state index contributed by atoms with van der Waals surface area (Å²) >= 11 is 0. The fourth-order valence-electron chi connectivity index (χ4n) is 3.18. The maximum Gasteiger partial charge on any atom is 0.203 e. The highest BCUT2D eigenvalue weighted by molar-refractivity contribution is 5.53. The SMILES string of the molecule is COc1cc(CN2CCOCC2c2ccc(C)o2)cc(OC)c1OC. The molecule has 3 rings (SSSR count). The molecule has 0 saturated carbocycles. The summed E-state index contributed by atoms with van der Waals surface area (Å²) in [4.78, 5) is 2.35. The van der Waals surface area contributed by atoms with Gasteiger partial charge in [0, 0.05) is 13.1 Å². The van der Waals surface area contributed by atoms with Gasteiger partial charge in [-0.25, -0.2) is 0 Å². The van der Waals surface area contributed by atoms with E-state index in [0.29, 0.717) is 30.5 Å². The van der Waals surface area contributed by atoms with Gasteiger partial charge in [-0.15, -0.1) is 0 Å². The molecule has 1 aromatic carbocycles. The van der Waals surface area contributed by atoms with Gasteiger partial charge in [-0.05, 0) is 36.8 Å². The molecule has 0 amide bonds. The van der Waals surface area contributed by atoms with Crippen LogP contribution in [0.4, 0.5) is 0 Å². The van der Waals surface area contributed by atoms with Crippen LogP contribution in [-0.4, -0.2) is 46.0 Å². The van der Waals surface area contributed by atoms with Crippen molar-refractivity contribution < 1.29 is 23.4 Å². The van der Waals surface area contributed by atoms with Crippen LogP contribution in [0.25, 0.3) is 0 Å². The zero-order valence-electron chi connectivity index (χ0n) is 15.2. The van der Waals surface area contributed by atoms with E-state index in [-0.39, 0.29) is 6.04 Å². The van der Waals surface area contributed by atoms with E-state index in [4.69, 9.17) is 23.4 Å². The molecule has 1 unspecified atom stereocenters. The highest BCUT2D eigenvalue weighted by atomic mass is 16.5. The fourth-order valence-corrected chi connectivity index (χ4v) is 3.18. The zero-order valence-corrected chi connectivity index (χ0v) is 15.2. The van der Waals surface area contributed by atoms with Gasteiger partial charge in [0.2, 0.25) is 5.75 Å². The number of nitrogens with zero attached hydrogens (tertiary/aromatic N) is 1. The average Bonchev–Trinajstić information content (AvgIpc) is 3.07. The first-order valence-electron chi connectivity index (χ1n) is 8.33. The summed E-state index contributed by atoms with van der Waals surface area (Å²) in [6, 6.07) is 8.09. The van der Waals surface area contributed by atoms with E-state index in [2.05, 4.69) is 4.90 Å². The van der Waals surface area contributed by atoms with Crippen LogP contribution < -0.4 is 14.2 Å². The lowest BCUT2D eigenvalue weighted by molar-refractivity contribution is -0.0205. The maximum atomic E-state index is 5.83. The first-order chi connectivity index (χ1) is 12.2. The first kappa shape index (κ1) is 17.6. The van der Waals surface area contributed by atoms with Gasteiger partial charge in [-0.1, -0.05) is 0 Å². The number of hydrogen-bond donors (Lipinski definition) is 0. The molecule has 0 radical (unpaired) electrons. The van der Waals surface area contributed by atoms with E-state index in [9.17, 15) is 0 Å². The number of morpholine rings is 1.